The molecular weight excluding hydrogens is 675 g/mol. The van der Waals surface area contributed by atoms with Gasteiger partial charge in [-0.15, -0.1) is 0 Å². The SMILES string of the molecule is CC(C)(C)CCOc1cccc(-c2ccc3c(n2)N2C[C@@H](CC[C@H](c4cc(C(C)(C)C)ccn4)Nc4cccc(n4)S(=O)(=O)NC3=O)CC2(C)C)n1. The summed E-state index contributed by atoms with van der Waals surface area (Å²) in [7, 11) is -4.35. The molecule has 1 saturated heterocycles. The Bertz CT molecular complexity index is 2050. The summed E-state index contributed by atoms with van der Waals surface area (Å²) in [6, 6.07) is 17.5. The first-order chi connectivity index (χ1) is 24.4. The zero-order chi connectivity index (χ0) is 37.5. The van der Waals surface area contributed by atoms with E-state index in [0.717, 1.165) is 36.9 Å². The van der Waals surface area contributed by atoms with E-state index < -0.39 is 15.9 Å². The summed E-state index contributed by atoms with van der Waals surface area (Å²) in [4.78, 5) is 35.1. The van der Waals surface area contributed by atoms with Crippen LogP contribution in [0.25, 0.3) is 11.4 Å². The minimum atomic E-state index is -4.35. The lowest BCUT2D eigenvalue weighted by Gasteiger charge is -2.34. The number of carbonyl (C=O) groups excluding carboxylic acids is 1. The largest absolute Gasteiger partial charge is 0.478 e. The number of hydrogen-bond donors (Lipinski definition) is 2. The van der Waals surface area contributed by atoms with Gasteiger partial charge in [-0.2, -0.15) is 8.42 Å². The first-order valence-electron chi connectivity index (χ1n) is 18.0. The van der Waals surface area contributed by atoms with E-state index in [1.54, 1.807) is 24.3 Å². The quantitative estimate of drug-likeness (QED) is 0.210. The molecule has 4 bridgehead atoms. The van der Waals surface area contributed by atoms with Crippen LogP contribution in [0.1, 0.15) is 109 Å². The van der Waals surface area contributed by atoms with E-state index in [1.165, 1.54) is 6.07 Å². The Morgan fingerprint density at radius 1 is 0.923 bits per heavy atom. The maximum absolute atomic E-state index is 13.9. The first kappa shape index (κ1) is 37.2. The first-order valence-corrected chi connectivity index (χ1v) is 19.5. The Balaban J connectivity index is 1.40. The second-order valence-corrected chi connectivity index (χ2v) is 18.5. The molecule has 2 aliphatic heterocycles. The number of hydrogen-bond acceptors (Lipinski definition) is 10. The minimum absolute atomic E-state index is 0.0761. The van der Waals surface area contributed by atoms with Gasteiger partial charge in [-0.3, -0.25) is 9.78 Å². The summed E-state index contributed by atoms with van der Waals surface area (Å²) in [5.41, 5.74) is 2.99. The number of carbonyl (C=O) groups is 1. The van der Waals surface area contributed by atoms with Crippen molar-refractivity contribution >= 4 is 27.6 Å². The molecule has 1 amide bonds. The fourth-order valence-electron chi connectivity index (χ4n) is 6.88. The van der Waals surface area contributed by atoms with Gasteiger partial charge in [-0.05, 0) is 104 Å². The third kappa shape index (κ3) is 8.54. The van der Waals surface area contributed by atoms with Gasteiger partial charge in [0.15, 0.2) is 5.03 Å². The van der Waals surface area contributed by atoms with Crippen LogP contribution in [0, 0.1) is 11.3 Å². The molecule has 1 fully saturated rings. The predicted molar refractivity (Wildman–Crippen MR) is 204 cm³/mol. The number of sulfonamides is 1. The van der Waals surface area contributed by atoms with Gasteiger partial charge in [0.25, 0.3) is 15.9 Å². The second-order valence-electron chi connectivity index (χ2n) is 16.9. The molecule has 0 unspecified atom stereocenters. The molecule has 0 radical (unpaired) electrons. The van der Waals surface area contributed by atoms with Gasteiger partial charge in [0.1, 0.15) is 11.6 Å². The second kappa shape index (κ2) is 14.1. The summed E-state index contributed by atoms with van der Waals surface area (Å²) < 4.78 is 35.7. The lowest BCUT2D eigenvalue weighted by Crippen LogP contribution is -2.41. The highest BCUT2D eigenvalue weighted by Gasteiger charge is 2.41. The van der Waals surface area contributed by atoms with Crippen LogP contribution in [0.15, 0.2) is 71.9 Å². The predicted octanol–water partition coefficient (Wildman–Crippen LogP) is 7.72. The lowest BCUT2D eigenvalue weighted by atomic mass is 9.86. The molecule has 0 aromatic carbocycles. The van der Waals surface area contributed by atoms with Crippen molar-refractivity contribution in [3.8, 4) is 17.3 Å². The van der Waals surface area contributed by atoms with Crippen LogP contribution in [-0.4, -0.2) is 53.0 Å². The Morgan fingerprint density at radius 3 is 2.42 bits per heavy atom. The number of ether oxygens (including phenoxy) is 1. The molecule has 52 heavy (non-hydrogen) atoms. The van der Waals surface area contributed by atoms with Crippen molar-refractivity contribution in [3.63, 3.8) is 0 Å². The highest BCUT2D eigenvalue weighted by atomic mass is 32.2. The Hall–Kier alpha value is -4.58. The van der Waals surface area contributed by atoms with Crippen molar-refractivity contribution in [2.45, 2.75) is 103 Å². The van der Waals surface area contributed by atoms with E-state index in [-0.39, 0.29) is 38.9 Å². The molecule has 4 aromatic rings. The van der Waals surface area contributed by atoms with Crippen molar-refractivity contribution < 1.29 is 17.9 Å². The van der Waals surface area contributed by atoms with E-state index in [4.69, 9.17) is 19.7 Å². The number of anilines is 2. The van der Waals surface area contributed by atoms with Crippen LogP contribution in [0.3, 0.4) is 0 Å². The summed E-state index contributed by atoms with van der Waals surface area (Å²) in [6.07, 6.45) is 5.14. The third-order valence-electron chi connectivity index (χ3n) is 9.84. The standard InChI is InChI=1S/C40H51N7O4S/c1-38(2,3)20-22-51-34-13-9-11-29(43-34)30-18-16-28-36(44-30)47-25-26(24-40(47,7)8)15-17-31(32-23-27(19-21-41-32)39(4,5)6)42-33-12-10-14-35(45-33)52(49,50)46-37(28)48/h9-14,16,18-19,21,23,26,31H,15,17,20,22,24-25H2,1-8H3,(H,42,45)(H,46,48)/t26-,31+/m0/s1. The van der Waals surface area contributed by atoms with Crippen LogP contribution in [-0.2, 0) is 15.4 Å². The maximum Gasteiger partial charge on any atom is 0.281 e. The number of nitrogens with zero attached hydrogens (tertiary/aromatic N) is 5. The molecule has 276 valence electrons. The van der Waals surface area contributed by atoms with Gasteiger partial charge in [-0.1, -0.05) is 53.7 Å². The van der Waals surface area contributed by atoms with E-state index in [0.29, 0.717) is 42.1 Å². The van der Waals surface area contributed by atoms with Crippen molar-refractivity contribution in [1.82, 2.24) is 24.7 Å². The number of fused-ring (bicyclic) bond motifs is 6. The molecule has 11 nitrogen and oxygen atoms in total. The average molecular weight is 726 g/mol. The van der Waals surface area contributed by atoms with Gasteiger partial charge < -0.3 is 15.0 Å². The number of nitrogens with one attached hydrogen (secondary N) is 2. The fourth-order valence-corrected chi connectivity index (χ4v) is 7.82. The smallest absolute Gasteiger partial charge is 0.281 e. The van der Waals surface area contributed by atoms with Gasteiger partial charge >= 0.3 is 0 Å². The molecule has 2 N–H and O–H groups in total. The summed E-state index contributed by atoms with van der Waals surface area (Å²) in [5, 5.41) is 3.22. The molecule has 6 heterocycles. The Labute approximate surface area is 308 Å². The van der Waals surface area contributed by atoms with E-state index in [1.807, 2.05) is 30.5 Å². The highest BCUT2D eigenvalue weighted by Crippen LogP contribution is 2.41. The molecule has 0 saturated carbocycles. The maximum atomic E-state index is 13.9. The zero-order valence-corrected chi connectivity index (χ0v) is 32.3. The molecule has 2 aliphatic rings. The van der Waals surface area contributed by atoms with Gasteiger partial charge in [0.05, 0.1) is 35.3 Å². The summed E-state index contributed by atoms with van der Waals surface area (Å²) in [5.74, 6) is 0.763. The molecule has 0 spiro atoms. The number of aromatic nitrogens is 4. The van der Waals surface area contributed by atoms with Crippen LogP contribution in [0.2, 0.25) is 0 Å². The Morgan fingerprint density at radius 2 is 1.67 bits per heavy atom. The van der Waals surface area contributed by atoms with Crippen molar-refractivity contribution in [2.75, 3.05) is 23.4 Å². The van der Waals surface area contributed by atoms with Crippen molar-refractivity contribution in [3.05, 3.63) is 83.7 Å². The van der Waals surface area contributed by atoms with E-state index in [2.05, 4.69) is 81.4 Å². The van der Waals surface area contributed by atoms with Gasteiger partial charge in [0, 0.05) is 24.3 Å². The molecule has 12 heteroatoms. The minimum Gasteiger partial charge on any atom is -0.478 e. The highest BCUT2D eigenvalue weighted by molar-refractivity contribution is 7.90. The average Bonchev–Trinajstić information content (AvgIpc) is 3.38. The topological polar surface area (TPSA) is 139 Å². The normalized spacial score (nSPS) is 20.2. The number of rotatable bonds is 5. The van der Waals surface area contributed by atoms with Gasteiger partial charge in [-0.25, -0.2) is 19.7 Å². The fraction of sp³-hybridized carbons (Fsp3) is 0.475. The Kier molecular flexibility index (Phi) is 10.1. The van der Waals surface area contributed by atoms with Crippen LogP contribution in [0.4, 0.5) is 11.6 Å². The van der Waals surface area contributed by atoms with Crippen molar-refractivity contribution in [2.24, 2.45) is 11.3 Å². The summed E-state index contributed by atoms with van der Waals surface area (Å²) >= 11 is 0. The third-order valence-corrected chi connectivity index (χ3v) is 11.1. The molecule has 6 rings (SSSR count). The van der Waals surface area contributed by atoms with Crippen molar-refractivity contribution in [1.29, 1.82) is 0 Å². The van der Waals surface area contributed by atoms with Gasteiger partial charge in [0.2, 0.25) is 5.88 Å². The van der Waals surface area contributed by atoms with E-state index >= 15 is 0 Å². The summed E-state index contributed by atoms with van der Waals surface area (Å²) in [6.45, 7) is 18.4. The molecule has 0 aliphatic carbocycles. The molecule has 2 atom stereocenters. The van der Waals surface area contributed by atoms with E-state index in [9.17, 15) is 13.2 Å². The monoisotopic (exact) mass is 725 g/mol. The number of amides is 1. The van der Waals surface area contributed by atoms with Crippen LogP contribution in [0.5, 0.6) is 5.88 Å². The lowest BCUT2D eigenvalue weighted by molar-refractivity contribution is 0.0981. The zero-order valence-electron chi connectivity index (χ0n) is 31.5. The molecular formula is C40H51N7O4S. The van der Waals surface area contributed by atoms with Crippen LogP contribution < -0.4 is 19.7 Å². The van der Waals surface area contributed by atoms with Crippen LogP contribution >= 0.6 is 0 Å². The molecule has 4 aromatic heterocycles. The number of pyridine rings is 4.